The molecule has 5 nitrogen and oxygen atoms in total. The van der Waals surface area contributed by atoms with Gasteiger partial charge in [0.1, 0.15) is 16.8 Å². The third-order valence-corrected chi connectivity index (χ3v) is 3.31. The van der Waals surface area contributed by atoms with Crippen molar-refractivity contribution in [3.8, 4) is 11.4 Å². The van der Waals surface area contributed by atoms with Crippen molar-refractivity contribution in [1.29, 1.82) is 0 Å². The molecule has 3 aromatic rings. The van der Waals surface area contributed by atoms with E-state index in [1.165, 1.54) is 0 Å². The van der Waals surface area contributed by atoms with Gasteiger partial charge in [0, 0.05) is 5.69 Å². The minimum absolute atomic E-state index is 0.724. The summed E-state index contributed by atoms with van der Waals surface area (Å²) in [7, 11) is 0. The lowest BCUT2D eigenvalue weighted by Crippen LogP contribution is -1.99. The maximum Gasteiger partial charge on any atom is 0.119 e. The maximum absolute atomic E-state index is 5.91. The monoisotopic (exact) mass is 282 g/mol. The third kappa shape index (κ3) is 2.67. The fourth-order valence-corrected chi connectivity index (χ4v) is 2.10. The minimum Gasteiger partial charge on any atom is -0.494 e. The number of nitrogens with two attached hydrogens (primary N) is 1. The topological polar surface area (TPSA) is 66.0 Å². The lowest BCUT2D eigenvalue weighted by molar-refractivity contribution is 0.317. The maximum atomic E-state index is 5.91. The van der Waals surface area contributed by atoms with Crippen LogP contribution in [0.4, 0.5) is 5.69 Å². The van der Waals surface area contributed by atoms with Crippen molar-refractivity contribution in [2.24, 2.45) is 0 Å². The second-order valence-electron chi connectivity index (χ2n) is 5.03. The number of fused-ring (bicyclic) bond motifs is 1. The molecule has 1 aromatic heterocycles. The summed E-state index contributed by atoms with van der Waals surface area (Å²) >= 11 is 0. The van der Waals surface area contributed by atoms with Gasteiger partial charge in [-0.1, -0.05) is 6.92 Å². The van der Waals surface area contributed by atoms with Crippen molar-refractivity contribution >= 4 is 16.7 Å². The number of ether oxygens (including phenoxy) is 1. The van der Waals surface area contributed by atoms with Gasteiger partial charge in [-0.15, -0.1) is 10.2 Å². The molecule has 0 bridgehead atoms. The smallest absolute Gasteiger partial charge is 0.119 e. The summed E-state index contributed by atoms with van der Waals surface area (Å²) in [5.41, 5.74) is 10.2. The lowest BCUT2D eigenvalue weighted by atomic mass is 10.2. The Morgan fingerprint density at radius 1 is 1.10 bits per heavy atom. The van der Waals surface area contributed by atoms with E-state index in [2.05, 4.69) is 17.1 Å². The number of benzene rings is 2. The zero-order valence-corrected chi connectivity index (χ0v) is 12.2. The summed E-state index contributed by atoms with van der Waals surface area (Å²) < 4.78 is 5.57. The molecule has 0 saturated heterocycles. The predicted molar refractivity (Wildman–Crippen MR) is 83.8 cm³/mol. The number of hydrogen-bond acceptors (Lipinski definition) is 4. The van der Waals surface area contributed by atoms with Crippen molar-refractivity contribution < 1.29 is 4.74 Å². The van der Waals surface area contributed by atoms with Crippen LogP contribution in [0.1, 0.15) is 18.9 Å². The molecule has 0 atom stereocenters. The van der Waals surface area contributed by atoms with Crippen LogP contribution in [-0.4, -0.2) is 21.6 Å². The molecule has 0 radical (unpaired) electrons. The summed E-state index contributed by atoms with van der Waals surface area (Å²) in [4.78, 5) is 1.62. The number of nitrogens with zero attached hydrogens (tertiary/aromatic N) is 3. The van der Waals surface area contributed by atoms with Crippen LogP contribution >= 0.6 is 0 Å². The third-order valence-electron chi connectivity index (χ3n) is 3.31. The molecule has 0 aliphatic carbocycles. The number of aromatic nitrogens is 3. The Kier molecular flexibility index (Phi) is 3.48. The van der Waals surface area contributed by atoms with Gasteiger partial charge in [-0.2, -0.15) is 4.80 Å². The summed E-state index contributed by atoms with van der Waals surface area (Å²) in [6, 6.07) is 11.6. The van der Waals surface area contributed by atoms with Crippen molar-refractivity contribution in [2.75, 3.05) is 12.3 Å². The van der Waals surface area contributed by atoms with Crippen LogP contribution in [0.5, 0.6) is 5.75 Å². The Labute approximate surface area is 123 Å². The molecule has 5 heteroatoms. The van der Waals surface area contributed by atoms with E-state index in [-0.39, 0.29) is 0 Å². The second-order valence-corrected chi connectivity index (χ2v) is 5.03. The van der Waals surface area contributed by atoms with Crippen molar-refractivity contribution in [2.45, 2.75) is 20.3 Å². The van der Waals surface area contributed by atoms with Gasteiger partial charge in [-0.3, -0.25) is 0 Å². The second kappa shape index (κ2) is 5.44. The van der Waals surface area contributed by atoms with E-state index in [0.29, 0.717) is 0 Å². The molecular weight excluding hydrogens is 264 g/mol. The van der Waals surface area contributed by atoms with Crippen LogP contribution in [0.15, 0.2) is 36.4 Å². The number of anilines is 1. The van der Waals surface area contributed by atoms with Crippen LogP contribution < -0.4 is 10.5 Å². The standard InChI is InChI=1S/C16H18N4O/c1-3-8-21-13-6-4-12(5-7-13)20-18-15-9-11(2)14(17)10-16(15)19-20/h4-7,9-10H,3,8,17H2,1-2H3. The molecular formula is C16H18N4O. The molecule has 0 aliphatic heterocycles. The quantitative estimate of drug-likeness (QED) is 0.747. The van der Waals surface area contributed by atoms with E-state index in [9.17, 15) is 0 Å². The average Bonchev–Trinajstić information content (AvgIpc) is 2.89. The largest absolute Gasteiger partial charge is 0.494 e. The zero-order valence-electron chi connectivity index (χ0n) is 12.2. The van der Waals surface area contributed by atoms with E-state index in [1.54, 1.807) is 4.80 Å². The average molecular weight is 282 g/mol. The first kappa shape index (κ1) is 13.4. The van der Waals surface area contributed by atoms with E-state index in [4.69, 9.17) is 10.5 Å². The Hall–Kier alpha value is -2.56. The Morgan fingerprint density at radius 2 is 1.76 bits per heavy atom. The van der Waals surface area contributed by atoms with Gasteiger partial charge in [0.2, 0.25) is 0 Å². The molecule has 21 heavy (non-hydrogen) atoms. The summed E-state index contributed by atoms with van der Waals surface area (Å²) in [5.74, 6) is 0.859. The first-order valence-electron chi connectivity index (χ1n) is 7.04. The highest BCUT2D eigenvalue weighted by atomic mass is 16.5. The number of rotatable bonds is 4. The van der Waals surface area contributed by atoms with Crippen LogP contribution in [0.25, 0.3) is 16.7 Å². The van der Waals surface area contributed by atoms with Crippen LogP contribution in [0, 0.1) is 6.92 Å². The van der Waals surface area contributed by atoms with E-state index >= 15 is 0 Å². The molecule has 0 spiro atoms. The molecule has 3 rings (SSSR count). The van der Waals surface area contributed by atoms with Crippen molar-refractivity contribution in [1.82, 2.24) is 15.0 Å². The molecule has 1 heterocycles. The van der Waals surface area contributed by atoms with Crippen LogP contribution in [0.3, 0.4) is 0 Å². The molecule has 108 valence electrons. The first-order chi connectivity index (χ1) is 10.2. The van der Waals surface area contributed by atoms with Gasteiger partial charge in [-0.05, 0) is 55.3 Å². The van der Waals surface area contributed by atoms with Gasteiger partial charge < -0.3 is 10.5 Å². The Bertz CT molecular complexity index is 723. The Balaban J connectivity index is 1.92. The van der Waals surface area contributed by atoms with E-state index in [1.807, 2.05) is 43.3 Å². The van der Waals surface area contributed by atoms with Crippen molar-refractivity contribution in [3.63, 3.8) is 0 Å². The first-order valence-corrected chi connectivity index (χ1v) is 7.04. The normalized spacial score (nSPS) is 11.0. The highest BCUT2D eigenvalue weighted by Crippen LogP contribution is 2.20. The highest BCUT2D eigenvalue weighted by molar-refractivity contribution is 5.79. The van der Waals surface area contributed by atoms with Gasteiger partial charge in [0.25, 0.3) is 0 Å². The lowest BCUT2D eigenvalue weighted by Gasteiger charge is -2.05. The molecule has 0 saturated carbocycles. The van der Waals surface area contributed by atoms with Crippen LogP contribution in [0.2, 0.25) is 0 Å². The SMILES string of the molecule is CCCOc1ccc(-n2nc3cc(C)c(N)cc3n2)cc1. The molecule has 0 aliphatic rings. The van der Waals surface area contributed by atoms with E-state index in [0.717, 1.165) is 46.7 Å². The fourth-order valence-electron chi connectivity index (χ4n) is 2.10. The molecule has 2 N–H and O–H groups in total. The summed E-state index contributed by atoms with van der Waals surface area (Å²) in [5, 5.41) is 8.95. The molecule has 0 unspecified atom stereocenters. The minimum atomic E-state index is 0.724. The number of aryl methyl sites for hydroxylation is 1. The fraction of sp³-hybridized carbons (Fsp3) is 0.250. The van der Waals surface area contributed by atoms with Gasteiger partial charge in [0.15, 0.2) is 0 Å². The van der Waals surface area contributed by atoms with Gasteiger partial charge >= 0.3 is 0 Å². The van der Waals surface area contributed by atoms with E-state index < -0.39 is 0 Å². The van der Waals surface area contributed by atoms with Gasteiger partial charge in [-0.25, -0.2) is 0 Å². The highest BCUT2D eigenvalue weighted by Gasteiger charge is 2.07. The summed E-state index contributed by atoms with van der Waals surface area (Å²) in [6.45, 7) is 4.77. The van der Waals surface area contributed by atoms with Gasteiger partial charge in [0.05, 0.1) is 12.3 Å². The molecule has 0 fully saturated rings. The molecule has 2 aromatic carbocycles. The number of hydrogen-bond donors (Lipinski definition) is 1. The van der Waals surface area contributed by atoms with Crippen LogP contribution in [-0.2, 0) is 0 Å². The Morgan fingerprint density at radius 3 is 2.43 bits per heavy atom. The number of nitrogen functional groups attached to an aromatic ring is 1. The predicted octanol–water partition coefficient (Wildman–Crippen LogP) is 3.10. The summed E-state index contributed by atoms with van der Waals surface area (Å²) in [6.07, 6.45) is 0.995. The van der Waals surface area contributed by atoms with Crippen molar-refractivity contribution in [3.05, 3.63) is 42.0 Å². The molecule has 0 amide bonds. The zero-order chi connectivity index (χ0) is 14.8.